The molecule has 2 rings (SSSR count). The Balaban J connectivity index is 1.99. The summed E-state index contributed by atoms with van der Waals surface area (Å²) in [4.78, 5) is 12.1. The van der Waals surface area contributed by atoms with E-state index in [1.165, 1.54) is 51.4 Å². The first-order valence-electron chi connectivity index (χ1n) is 8.74. The minimum Gasteiger partial charge on any atom is -0.368 e. The lowest BCUT2D eigenvalue weighted by atomic mass is 9.85. The third-order valence-electron chi connectivity index (χ3n) is 5.45. The minimum absolute atomic E-state index is 0.111. The van der Waals surface area contributed by atoms with Crippen molar-refractivity contribution in [2.45, 2.75) is 95.6 Å². The quantitative estimate of drug-likeness (QED) is 0.757. The zero-order valence-corrected chi connectivity index (χ0v) is 13.1. The zero-order valence-electron chi connectivity index (χ0n) is 13.1. The van der Waals surface area contributed by atoms with Crippen LogP contribution in [0.3, 0.4) is 0 Å². The molecule has 2 unspecified atom stereocenters. The Morgan fingerprint density at radius 2 is 1.85 bits per heavy atom. The molecule has 0 aromatic heterocycles. The van der Waals surface area contributed by atoms with Crippen LogP contribution in [0.15, 0.2) is 0 Å². The summed E-state index contributed by atoms with van der Waals surface area (Å²) in [5, 5.41) is 3.70. The topological polar surface area (TPSA) is 55.1 Å². The smallest absolute Gasteiger partial charge is 0.237 e. The van der Waals surface area contributed by atoms with E-state index in [9.17, 15) is 4.79 Å². The van der Waals surface area contributed by atoms with Gasteiger partial charge in [0.05, 0.1) is 5.54 Å². The largest absolute Gasteiger partial charge is 0.368 e. The normalized spacial score (nSPS) is 32.8. The van der Waals surface area contributed by atoms with Crippen LogP contribution in [0.5, 0.6) is 0 Å². The molecule has 3 N–H and O–H groups in total. The highest BCUT2D eigenvalue weighted by Gasteiger charge is 2.39. The number of carbonyl (C=O) groups is 1. The van der Waals surface area contributed by atoms with Gasteiger partial charge >= 0.3 is 0 Å². The van der Waals surface area contributed by atoms with Gasteiger partial charge in [0.25, 0.3) is 0 Å². The molecule has 0 aromatic carbocycles. The Kier molecular flexibility index (Phi) is 5.88. The van der Waals surface area contributed by atoms with E-state index in [1.807, 2.05) is 0 Å². The summed E-state index contributed by atoms with van der Waals surface area (Å²) >= 11 is 0. The molecule has 2 aliphatic carbocycles. The number of hydrogen-bond donors (Lipinski definition) is 2. The van der Waals surface area contributed by atoms with Crippen LogP contribution in [0.2, 0.25) is 0 Å². The Morgan fingerprint density at radius 3 is 2.50 bits per heavy atom. The van der Waals surface area contributed by atoms with Gasteiger partial charge in [-0.3, -0.25) is 4.79 Å². The van der Waals surface area contributed by atoms with Gasteiger partial charge in [0.1, 0.15) is 0 Å². The number of rotatable bonds is 5. The fourth-order valence-electron chi connectivity index (χ4n) is 4.21. The van der Waals surface area contributed by atoms with E-state index in [-0.39, 0.29) is 5.91 Å². The van der Waals surface area contributed by atoms with Crippen molar-refractivity contribution in [3.63, 3.8) is 0 Å². The summed E-state index contributed by atoms with van der Waals surface area (Å²) in [5.41, 5.74) is 5.39. The molecule has 0 spiro atoms. The van der Waals surface area contributed by atoms with Crippen molar-refractivity contribution >= 4 is 5.91 Å². The molecule has 3 heteroatoms. The fraction of sp³-hybridized carbons (Fsp3) is 0.941. The molecule has 2 saturated carbocycles. The second kappa shape index (κ2) is 7.44. The molecule has 0 radical (unpaired) electrons. The first-order valence-corrected chi connectivity index (χ1v) is 8.74. The third-order valence-corrected chi connectivity index (χ3v) is 5.45. The first kappa shape index (κ1) is 15.8. The average Bonchev–Trinajstić information content (AvgIpc) is 2.64. The Labute approximate surface area is 124 Å². The maximum Gasteiger partial charge on any atom is 0.237 e. The molecule has 0 saturated heterocycles. The fourth-order valence-corrected chi connectivity index (χ4v) is 4.21. The molecule has 0 aliphatic heterocycles. The summed E-state index contributed by atoms with van der Waals surface area (Å²) in [5.74, 6) is 0.689. The highest BCUT2D eigenvalue weighted by molar-refractivity contribution is 5.84. The van der Waals surface area contributed by atoms with Gasteiger partial charge in [-0.25, -0.2) is 0 Å². The van der Waals surface area contributed by atoms with E-state index in [0.29, 0.717) is 6.04 Å². The predicted octanol–water partition coefficient (Wildman–Crippen LogP) is 3.51. The van der Waals surface area contributed by atoms with E-state index >= 15 is 0 Å². The molecular formula is C17H32N2O. The van der Waals surface area contributed by atoms with Crippen LogP contribution in [0.25, 0.3) is 0 Å². The van der Waals surface area contributed by atoms with E-state index in [0.717, 1.165) is 31.6 Å². The van der Waals surface area contributed by atoms with E-state index < -0.39 is 5.54 Å². The minimum atomic E-state index is -0.412. The van der Waals surface area contributed by atoms with E-state index in [4.69, 9.17) is 5.73 Å². The highest BCUT2D eigenvalue weighted by Crippen LogP contribution is 2.34. The number of amides is 1. The van der Waals surface area contributed by atoms with Crippen LogP contribution in [0.1, 0.15) is 84.0 Å². The Bertz CT molecular complexity index is 312. The van der Waals surface area contributed by atoms with Crippen LogP contribution in [0.4, 0.5) is 0 Å². The number of hydrogen-bond acceptors (Lipinski definition) is 2. The Hall–Kier alpha value is -0.570. The van der Waals surface area contributed by atoms with Crippen molar-refractivity contribution < 1.29 is 4.79 Å². The van der Waals surface area contributed by atoms with Crippen LogP contribution in [-0.2, 0) is 4.79 Å². The second-order valence-electron chi connectivity index (χ2n) is 7.01. The Morgan fingerprint density at radius 1 is 1.10 bits per heavy atom. The summed E-state index contributed by atoms with van der Waals surface area (Å²) in [6.45, 7) is 2.26. The molecule has 2 atom stereocenters. The predicted molar refractivity (Wildman–Crippen MR) is 83.4 cm³/mol. The van der Waals surface area contributed by atoms with Gasteiger partial charge in [0, 0.05) is 6.04 Å². The summed E-state index contributed by atoms with van der Waals surface area (Å²) in [7, 11) is 0. The van der Waals surface area contributed by atoms with Crippen molar-refractivity contribution in [1.82, 2.24) is 5.32 Å². The van der Waals surface area contributed by atoms with Gasteiger partial charge in [-0.1, -0.05) is 51.9 Å². The van der Waals surface area contributed by atoms with Crippen molar-refractivity contribution in [2.75, 3.05) is 0 Å². The average molecular weight is 280 g/mol. The lowest BCUT2D eigenvalue weighted by Gasteiger charge is -2.36. The summed E-state index contributed by atoms with van der Waals surface area (Å²) in [6.07, 6.45) is 14.4. The summed E-state index contributed by atoms with van der Waals surface area (Å²) in [6, 6.07) is 0.513. The van der Waals surface area contributed by atoms with E-state index in [2.05, 4.69) is 12.2 Å². The van der Waals surface area contributed by atoms with Gasteiger partial charge in [0.2, 0.25) is 5.91 Å². The number of primary amides is 1. The molecule has 1 amide bonds. The van der Waals surface area contributed by atoms with E-state index in [1.54, 1.807) is 0 Å². The molecular weight excluding hydrogens is 248 g/mol. The van der Waals surface area contributed by atoms with Crippen LogP contribution in [-0.4, -0.2) is 17.5 Å². The van der Waals surface area contributed by atoms with Gasteiger partial charge in [-0.15, -0.1) is 0 Å². The van der Waals surface area contributed by atoms with Crippen molar-refractivity contribution in [2.24, 2.45) is 11.7 Å². The highest BCUT2D eigenvalue weighted by atomic mass is 16.1. The molecule has 20 heavy (non-hydrogen) atoms. The third kappa shape index (κ3) is 3.97. The molecule has 0 bridgehead atoms. The standard InChI is InChI=1S/C17H32N2O/c1-2-7-14-8-6-12-17(13-11-14,16(18)20)19-15-9-4-3-5-10-15/h14-15,19H,2-13H2,1H3,(H2,18,20). The number of carbonyl (C=O) groups excluding carboxylic acids is 1. The van der Waals surface area contributed by atoms with Gasteiger partial charge in [0.15, 0.2) is 0 Å². The van der Waals surface area contributed by atoms with Gasteiger partial charge < -0.3 is 11.1 Å². The lowest BCUT2D eigenvalue weighted by Crippen LogP contribution is -2.58. The first-order chi connectivity index (χ1) is 9.66. The van der Waals surface area contributed by atoms with Crippen LogP contribution >= 0.6 is 0 Å². The van der Waals surface area contributed by atoms with Gasteiger partial charge in [-0.05, 0) is 38.0 Å². The zero-order chi connectivity index (χ0) is 14.4. The number of nitrogens with one attached hydrogen (secondary N) is 1. The molecule has 0 heterocycles. The lowest BCUT2D eigenvalue weighted by molar-refractivity contribution is -0.125. The maximum atomic E-state index is 12.1. The molecule has 3 nitrogen and oxygen atoms in total. The SMILES string of the molecule is CCCC1CCCC(NC2CCCCC2)(C(N)=O)CC1. The van der Waals surface area contributed by atoms with Crippen LogP contribution < -0.4 is 11.1 Å². The van der Waals surface area contributed by atoms with Crippen molar-refractivity contribution in [1.29, 1.82) is 0 Å². The van der Waals surface area contributed by atoms with Crippen molar-refractivity contribution in [3.05, 3.63) is 0 Å². The monoisotopic (exact) mass is 280 g/mol. The molecule has 2 fully saturated rings. The molecule has 116 valence electrons. The van der Waals surface area contributed by atoms with Crippen molar-refractivity contribution in [3.8, 4) is 0 Å². The maximum absolute atomic E-state index is 12.1. The van der Waals surface area contributed by atoms with Gasteiger partial charge in [-0.2, -0.15) is 0 Å². The molecule has 2 aliphatic rings. The summed E-state index contributed by atoms with van der Waals surface area (Å²) < 4.78 is 0. The number of nitrogens with two attached hydrogens (primary N) is 1. The second-order valence-corrected chi connectivity index (χ2v) is 7.01. The molecule has 0 aromatic rings. The van der Waals surface area contributed by atoms with Crippen LogP contribution in [0, 0.1) is 5.92 Å².